The third-order valence-corrected chi connectivity index (χ3v) is 27.7. The molecule has 5 aliphatic heterocycles. The number of hydrogen-bond donors (Lipinski definition) is 2. The van der Waals surface area contributed by atoms with E-state index in [0.29, 0.717) is 86.5 Å². The van der Waals surface area contributed by atoms with E-state index in [1.54, 1.807) is 59.4 Å². The Morgan fingerprint density at radius 3 is 1.22 bits per heavy atom. The van der Waals surface area contributed by atoms with Crippen molar-refractivity contribution < 1.29 is 75.0 Å². The lowest BCUT2D eigenvalue weighted by Gasteiger charge is -2.45. The van der Waals surface area contributed by atoms with Crippen LogP contribution in [0.25, 0.3) is 0 Å². The first-order valence-electron chi connectivity index (χ1n) is 47.0. The molecule has 8 aromatic rings. The predicted molar refractivity (Wildman–Crippen MR) is 570 cm³/mol. The molecule has 8 aromatic carbocycles. The van der Waals surface area contributed by atoms with Crippen LogP contribution < -0.4 is 9.47 Å². The summed E-state index contributed by atoms with van der Waals surface area (Å²) in [5.74, 6) is 1.13. The summed E-state index contributed by atoms with van der Waals surface area (Å²) in [4.78, 5) is 40.5. The molecule has 5 atom stereocenters. The Bertz CT molecular complexity index is 5580. The fraction of sp³-hybridized carbons (Fsp3) is 0.465. The van der Waals surface area contributed by atoms with Gasteiger partial charge in [-0.2, -0.15) is 10.5 Å². The van der Waals surface area contributed by atoms with Crippen LogP contribution in [0, 0.1) is 51.5 Å². The zero-order chi connectivity index (χ0) is 105. The van der Waals surface area contributed by atoms with Crippen molar-refractivity contribution in [2.24, 2.45) is 5.41 Å². The maximum atomic E-state index is 13.5. The summed E-state index contributed by atoms with van der Waals surface area (Å²) in [5, 5.41) is 35.4. The number of aliphatic hydroxyl groups excluding tert-OH is 1. The van der Waals surface area contributed by atoms with E-state index in [9.17, 15) is 42.3 Å². The van der Waals surface area contributed by atoms with Gasteiger partial charge in [0.25, 0.3) is 6.26 Å². The van der Waals surface area contributed by atoms with Crippen LogP contribution in [-0.4, -0.2) is 119 Å². The molecule has 3 fully saturated rings. The van der Waals surface area contributed by atoms with Crippen LogP contribution in [0.5, 0.6) is 11.5 Å². The van der Waals surface area contributed by atoms with E-state index in [4.69, 9.17) is 52.5 Å². The van der Waals surface area contributed by atoms with Gasteiger partial charge < -0.3 is 43.7 Å². The number of alkyl halides is 3. The number of nitrogens with zero attached hydrogens (tertiary/aromatic N) is 6. The van der Waals surface area contributed by atoms with E-state index >= 15 is 0 Å². The average molecular weight is 2190 g/mol. The highest BCUT2D eigenvalue weighted by Crippen LogP contribution is 2.54. The van der Waals surface area contributed by atoms with Crippen LogP contribution in [0.2, 0.25) is 0 Å². The maximum absolute atomic E-state index is 13.5. The number of amides is 2. The molecule has 752 valence electrons. The van der Waals surface area contributed by atoms with Crippen LogP contribution in [0.1, 0.15) is 309 Å². The van der Waals surface area contributed by atoms with Gasteiger partial charge in [0.2, 0.25) is 11.1 Å². The second-order valence-electron chi connectivity index (χ2n) is 42.3. The first-order valence-corrected chi connectivity index (χ1v) is 51.2. The van der Waals surface area contributed by atoms with Gasteiger partial charge in [0.15, 0.2) is 29.7 Å². The lowest BCUT2D eigenvalue weighted by molar-refractivity contribution is -0.875. The fourth-order valence-electron chi connectivity index (χ4n) is 16.6. The number of benzene rings is 8. The minimum atomic E-state index is -1.14. The largest absolute Gasteiger partial charge is 0.705 e. The van der Waals surface area contributed by atoms with E-state index in [0.717, 1.165) is 63.8 Å². The van der Waals surface area contributed by atoms with Gasteiger partial charge >= 0.3 is 18.2 Å². The number of Topliss-reactive ketones (excluding diaryl/α,β-unsaturated/α-hetero) is 1. The van der Waals surface area contributed by atoms with Crippen molar-refractivity contribution in [3.8, 4) is 23.8 Å². The average Bonchev–Trinajstić information content (AvgIpc) is 1.50. The molecule has 5 aliphatic rings. The second kappa shape index (κ2) is 49.7. The summed E-state index contributed by atoms with van der Waals surface area (Å²) in [5.41, 5.74) is 10.8. The Morgan fingerprint density at radius 2 is 0.906 bits per heavy atom. The van der Waals surface area contributed by atoms with Crippen molar-refractivity contribution in [2.75, 3.05) is 35.9 Å². The molecule has 2 N–H and O–H groups in total. The molecule has 3 saturated heterocycles. The van der Waals surface area contributed by atoms with E-state index in [1.165, 1.54) is 88.5 Å². The lowest BCUT2D eigenvalue weighted by Crippen LogP contribution is -2.61. The number of halogens is 9. The van der Waals surface area contributed by atoms with E-state index in [2.05, 4.69) is 242 Å². The quantitative estimate of drug-likeness (QED) is 0.0139. The molecule has 13 rings (SSSR count). The van der Waals surface area contributed by atoms with Gasteiger partial charge in [-0.15, -0.1) is 29.8 Å². The zero-order valence-electron chi connectivity index (χ0n) is 86.1. The monoisotopic (exact) mass is 2190 g/mol. The van der Waals surface area contributed by atoms with Crippen molar-refractivity contribution in [3.63, 3.8) is 0 Å². The summed E-state index contributed by atoms with van der Waals surface area (Å²) in [6.07, 6.45) is 8.60. The van der Waals surface area contributed by atoms with Crippen LogP contribution in [0.15, 0.2) is 215 Å². The van der Waals surface area contributed by atoms with Crippen molar-refractivity contribution >= 4 is 108 Å². The van der Waals surface area contributed by atoms with Gasteiger partial charge in [-0.1, -0.05) is 249 Å². The molecule has 0 aromatic heterocycles. The molecule has 1 unspecified atom stereocenters. The van der Waals surface area contributed by atoms with Crippen LogP contribution in [0.4, 0.5) is 27.2 Å². The molecule has 139 heavy (non-hydrogen) atoms. The number of ether oxygens (including phenoxy) is 5. The Morgan fingerprint density at radius 1 is 0.547 bits per heavy atom. The molecular formula is C114H145Br2Cl2F4IN6O10+2. The van der Waals surface area contributed by atoms with E-state index in [1.807, 2.05) is 111 Å². The van der Waals surface area contributed by atoms with Crippen LogP contribution in [-0.2, 0) is 52.7 Å². The molecule has 0 aliphatic carbocycles. The highest BCUT2D eigenvalue weighted by atomic mass is 127. The third-order valence-electron chi connectivity index (χ3n) is 24.9. The number of aliphatic hydroxyl groups is 2. The summed E-state index contributed by atoms with van der Waals surface area (Å²) in [6.45, 7) is 68.0. The van der Waals surface area contributed by atoms with Gasteiger partial charge in [0.05, 0.1) is 40.3 Å². The van der Waals surface area contributed by atoms with Crippen molar-refractivity contribution in [1.82, 2.24) is 9.80 Å². The third kappa shape index (κ3) is 31.4. The van der Waals surface area contributed by atoms with Gasteiger partial charge in [-0.3, -0.25) is 4.79 Å². The first kappa shape index (κ1) is 119. The van der Waals surface area contributed by atoms with Crippen LogP contribution >= 0.6 is 77.7 Å². The van der Waals surface area contributed by atoms with Crippen LogP contribution in [0.3, 0.4) is 0 Å². The van der Waals surface area contributed by atoms with E-state index in [-0.39, 0.29) is 92.7 Å². The maximum Gasteiger partial charge on any atom is 0.705 e. The predicted octanol–water partition coefficient (Wildman–Crippen LogP) is 30.2. The molecule has 16 nitrogen and oxygen atoms in total. The normalized spacial score (nSPS) is 17.7. The number of carbonyl (C=O) groups is 3. The molecule has 0 bridgehead atoms. The van der Waals surface area contributed by atoms with Gasteiger partial charge in [-0.05, 0) is 233 Å². The number of cyclic esters (lactones) is 2. The van der Waals surface area contributed by atoms with Crippen molar-refractivity contribution in [3.05, 3.63) is 305 Å². The number of fused-ring (bicyclic) bond motifs is 2. The number of ketones is 1. The Labute approximate surface area is 865 Å². The molecule has 2 amide bonds. The summed E-state index contributed by atoms with van der Waals surface area (Å²) in [7, 11) is 0. The first-order chi connectivity index (χ1) is 64.4. The molecule has 25 heteroatoms. The number of carbonyl (C=O) groups excluding carboxylic acids is 3. The van der Waals surface area contributed by atoms with Gasteiger partial charge in [0, 0.05) is 128 Å². The molecule has 0 radical (unpaired) electrons. The number of hydrogen-bond acceptors (Lipinski definition) is 12. The summed E-state index contributed by atoms with van der Waals surface area (Å²) >= 11 is 20.2. The smallest absolute Gasteiger partial charge is 0.438 e. The second-order valence-corrected chi connectivity index (χ2v) is 45.6. The highest BCUT2D eigenvalue weighted by Gasteiger charge is 2.84. The van der Waals surface area contributed by atoms with E-state index < -0.39 is 34.3 Å². The SMILES string of the molecule is C=C(C)CC(O)(CCCl)c1ccc(F)cc1.C=C(C)CI.C=C(C)C[C@]1(c2ccc(F)cc2)CCN([C@@H](C)c2ccc(Br)cc2)C(=O)O1.CC(C)(C)c1cc2c(c(C(C)(C)C)c1)OC13Oc4c(cc(C(C)(C)C)cc4C(C)(C)C)C=[N+]1C(C)(C)C(C)(C)[N+]3=C2.CC(C)OC#N.CCO.C[C@@H](c1ccc(Br)cc1)N1CC[C@](CC(C)(C)C#N)(c2ccc(F)cc2)OC1=O.O=C(CCCl)c1ccc(F)cc1. The molecule has 0 saturated carbocycles. The Hall–Kier alpha value is -9.18. The standard InChI is InChI=1S/C37H54N2O2.C23H24BrFN2O2.C22H23BrFNO2.C13H16ClFO.C9H8ClFO.C4H7I.C4H7NO.C2H6O/c1-31(2,3)25-17-23-21-38-35(13,14)36(15,16)39-22-24-18-26(32(4,5)6)20-28(34(10,11)12)30(24)41-37(38,39)40-29(23)27(19-25)33(7,8)9;1-16(17-4-8-19(24)9-5-17)27-13-12-23(29-21(27)28,14-22(2,3)15-26)18-6-10-20(25)11-7-18;1-15(2)14-22(18-6-10-20(24)11-7-18)12-13-25(21(26)27-22)16(3)17-4-8-19(23)9-5-17;1-10(2)9-13(16,7-8-14)11-3-5-12(15)6-4-11;10-6-5-9(12)7-1-3-8(11)4-2-7;1-4(2)3-5;1-4(2)6-3-5;1-2-3/h17-22H,1-16H3;4-11,16H,12-14H2,1-3H3;4-11,16H,1,12-14H2,2-3H3;3-6,16H,1,7-9H2,2H3;1-4H,5-6H2;1,3H2,2H3;4H,1-2H3;3H,2H2,1H3/q+2;;;;;;;/t;16-,23-;16-,22-;;;;;/m.00...../s1. The Balaban J connectivity index is 0.000000269. The zero-order valence-corrected chi connectivity index (χ0v) is 93.0. The fourth-order valence-corrected chi connectivity index (χ4v) is 17.6. The lowest BCUT2D eigenvalue weighted by atomic mass is 9.75. The number of allylic oxidation sites excluding steroid dienone is 1. The minimum absolute atomic E-state index is 0.0181. The molecular weight excluding hydrogens is 2050 g/mol. The Kier molecular flexibility index (Phi) is 42.4. The highest BCUT2D eigenvalue weighted by molar-refractivity contribution is 14.1. The topological polar surface area (TPSA) is 198 Å². The summed E-state index contributed by atoms with van der Waals surface area (Å²) < 4.78 is 90.8. The van der Waals surface area contributed by atoms with Crippen molar-refractivity contribution in [2.45, 2.75) is 299 Å². The van der Waals surface area contributed by atoms with Gasteiger partial charge in [0.1, 0.15) is 40.6 Å². The minimum Gasteiger partial charge on any atom is -0.438 e. The molecule has 5 heterocycles. The van der Waals surface area contributed by atoms with Gasteiger partial charge in [-0.25, -0.2) is 27.2 Å². The number of nitriles is 2. The number of rotatable bonds is 20. The van der Waals surface area contributed by atoms with Crippen molar-refractivity contribution in [1.29, 1.82) is 10.5 Å². The molecule has 1 spiro atoms. The summed E-state index contributed by atoms with van der Waals surface area (Å²) in [6, 6.07) is 49.5.